The van der Waals surface area contributed by atoms with Gasteiger partial charge >= 0.3 is 162 Å². The summed E-state index contributed by atoms with van der Waals surface area (Å²) in [6, 6.07) is 0. The predicted octanol–water partition coefficient (Wildman–Crippen LogP) is -9.18. The number of rotatable bonds is 2. The molecule has 72 valence electrons. The van der Waals surface area contributed by atoms with Crippen LogP contribution in [-0.2, 0) is 18.6 Å². The van der Waals surface area contributed by atoms with E-state index < -0.39 is 14.1 Å². The Hall–Kier alpha value is 4.94. The first-order valence-corrected chi connectivity index (χ1v) is 4.54. The van der Waals surface area contributed by atoms with E-state index in [9.17, 15) is 4.57 Å². The van der Waals surface area contributed by atoms with Crippen LogP contribution in [0.2, 0.25) is 0 Å². The van der Waals surface area contributed by atoms with Gasteiger partial charge in [-0.25, -0.2) is 4.57 Å². The van der Waals surface area contributed by atoms with Crippen LogP contribution in [0, 0.1) is 0 Å². The van der Waals surface area contributed by atoms with Crippen molar-refractivity contribution in [3.63, 3.8) is 0 Å². The van der Waals surface area contributed by atoms with Crippen LogP contribution in [-0.4, -0.2) is 35.9 Å². The topological polar surface area (TPSA) is 85.2 Å². The van der Waals surface area contributed by atoms with Gasteiger partial charge in [-0.2, -0.15) is 0 Å². The van der Waals surface area contributed by atoms with Gasteiger partial charge in [-0.05, 0) is 0 Å². The minimum absolute atomic E-state index is 0. The monoisotopic (exact) mass is 304 g/mol. The van der Waals surface area contributed by atoms with Gasteiger partial charge in [-0.1, -0.05) is 0 Å². The molecule has 10 heteroatoms. The van der Waals surface area contributed by atoms with E-state index in [0.717, 1.165) is 0 Å². The Morgan fingerprint density at radius 2 is 1.86 bits per heavy atom. The van der Waals surface area contributed by atoms with Crippen molar-refractivity contribution in [2.24, 2.45) is 0 Å². The van der Waals surface area contributed by atoms with Gasteiger partial charge in [0.25, 0.3) is 0 Å². The van der Waals surface area contributed by atoms with Crippen LogP contribution in [0.1, 0.15) is 4.28 Å². The molecule has 0 aromatic heterocycles. The van der Waals surface area contributed by atoms with Crippen molar-refractivity contribution in [2.45, 2.75) is 6.29 Å². The molecule has 1 heterocycles. The summed E-state index contributed by atoms with van der Waals surface area (Å²) in [6.45, 7) is 0.788. The number of hydrogen-bond acceptors (Lipinski definition) is 4. The smallest absolute Gasteiger partial charge is 1.00 e. The van der Waals surface area contributed by atoms with Crippen LogP contribution in [0.15, 0.2) is 0 Å². The minimum atomic E-state index is -4.44. The van der Waals surface area contributed by atoms with E-state index in [1.165, 1.54) is 0 Å². The Balaban J connectivity index is -0.0000000504. The summed E-state index contributed by atoms with van der Waals surface area (Å²) in [5, 5.41) is 0. The Kier molecular flexibility index (Phi) is 22.2. The minimum Gasteiger partial charge on any atom is -1.00 e. The molecule has 1 rings (SSSR count). The molecule has 0 aromatic rings. The van der Waals surface area contributed by atoms with Crippen molar-refractivity contribution < 1.29 is 187 Å². The fourth-order valence-electron chi connectivity index (χ4n) is 0.680. The second-order valence-electron chi connectivity index (χ2n) is 1.97. The molecular formula is C4H12K3O6P. The molecule has 0 saturated carbocycles. The van der Waals surface area contributed by atoms with Gasteiger partial charge in [0.2, 0.25) is 0 Å². The predicted molar refractivity (Wildman–Crippen MR) is 37.0 cm³/mol. The molecular weight excluding hydrogens is 292 g/mol. The van der Waals surface area contributed by atoms with Crippen molar-refractivity contribution in [2.75, 3.05) is 19.8 Å². The molecule has 14 heavy (non-hydrogen) atoms. The number of hydrogen-bond donors (Lipinski definition) is 2. The molecule has 6 nitrogen and oxygen atoms in total. The van der Waals surface area contributed by atoms with E-state index in [1.807, 2.05) is 0 Å². The largest absolute Gasteiger partial charge is 1.00 e. The van der Waals surface area contributed by atoms with Crippen molar-refractivity contribution in [3.8, 4) is 0 Å². The average molecular weight is 304 g/mol. The zero-order valence-electron chi connectivity index (χ0n) is 11.7. The van der Waals surface area contributed by atoms with Crippen LogP contribution in [0.5, 0.6) is 0 Å². The van der Waals surface area contributed by atoms with Gasteiger partial charge < -0.3 is 23.5 Å². The zero-order valence-corrected chi connectivity index (χ0v) is 18.9. The molecule has 1 unspecified atom stereocenters. The van der Waals surface area contributed by atoms with Crippen molar-refractivity contribution in [1.29, 1.82) is 0 Å². The zero-order chi connectivity index (χ0) is 8.32. The van der Waals surface area contributed by atoms with E-state index in [-0.39, 0.29) is 165 Å². The van der Waals surface area contributed by atoms with Crippen LogP contribution >= 0.6 is 7.82 Å². The standard InChI is InChI=1S/C4H9O6P.3K.3H/c5-11(6,7)10-4-3-8-1-2-9-4;;;;;;/h4H,1-3H2,(H2,5,6,7);;;;;;/q;3*+1;3*-1. The molecule has 1 aliphatic heterocycles. The molecule has 0 aliphatic carbocycles. The third-order valence-corrected chi connectivity index (χ3v) is 1.55. The van der Waals surface area contributed by atoms with Crippen LogP contribution in [0.4, 0.5) is 0 Å². The number of phosphoric acid groups is 1. The summed E-state index contributed by atoms with van der Waals surface area (Å²) >= 11 is 0. The van der Waals surface area contributed by atoms with Gasteiger partial charge in [0.1, 0.15) is 0 Å². The Labute approximate surface area is 215 Å². The van der Waals surface area contributed by atoms with Gasteiger partial charge in [-0.15, -0.1) is 0 Å². The maximum Gasteiger partial charge on any atom is 1.00 e. The Morgan fingerprint density at radius 1 is 1.29 bits per heavy atom. The molecule has 1 fully saturated rings. The quantitative estimate of drug-likeness (QED) is 0.389. The molecule has 0 amide bonds. The van der Waals surface area contributed by atoms with Gasteiger partial charge in [0, 0.05) is 0 Å². The van der Waals surface area contributed by atoms with E-state index in [4.69, 9.17) is 19.3 Å². The van der Waals surface area contributed by atoms with E-state index in [0.29, 0.717) is 13.2 Å². The molecule has 1 atom stereocenters. The van der Waals surface area contributed by atoms with Crippen molar-refractivity contribution in [1.82, 2.24) is 0 Å². The summed E-state index contributed by atoms with van der Waals surface area (Å²) < 4.78 is 24.1. The van der Waals surface area contributed by atoms with Gasteiger partial charge in [0.05, 0.1) is 19.8 Å². The van der Waals surface area contributed by atoms with Gasteiger partial charge in [-0.3, -0.25) is 4.52 Å². The number of phosphoric ester groups is 1. The van der Waals surface area contributed by atoms with E-state index in [1.54, 1.807) is 0 Å². The van der Waals surface area contributed by atoms with Crippen molar-refractivity contribution in [3.05, 3.63) is 0 Å². The SMILES string of the molecule is O=P(O)(O)OC1COCCO1.[H-].[H-].[H-].[K+].[K+].[K+]. The first-order chi connectivity index (χ1) is 5.08. The van der Waals surface area contributed by atoms with E-state index >= 15 is 0 Å². The van der Waals surface area contributed by atoms with Crippen LogP contribution in [0.3, 0.4) is 0 Å². The summed E-state index contributed by atoms with van der Waals surface area (Å²) in [7, 11) is -4.44. The summed E-state index contributed by atoms with van der Waals surface area (Å²) in [4.78, 5) is 16.6. The van der Waals surface area contributed by atoms with Crippen LogP contribution < -0.4 is 154 Å². The number of ether oxygens (including phenoxy) is 2. The van der Waals surface area contributed by atoms with Crippen LogP contribution in [0.25, 0.3) is 0 Å². The molecule has 0 radical (unpaired) electrons. The molecule has 0 aromatic carbocycles. The summed E-state index contributed by atoms with van der Waals surface area (Å²) in [6.07, 6.45) is -0.940. The fourth-order valence-corrected chi connectivity index (χ4v) is 1.11. The maximum absolute atomic E-state index is 10.2. The second kappa shape index (κ2) is 12.9. The molecule has 1 aliphatic rings. The Morgan fingerprint density at radius 3 is 2.21 bits per heavy atom. The Bertz CT molecular complexity index is 180. The van der Waals surface area contributed by atoms with Crippen molar-refractivity contribution >= 4 is 7.82 Å². The summed E-state index contributed by atoms with van der Waals surface area (Å²) in [5.41, 5.74) is 0. The molecule has 2 N–H and O–H groups in total. The first-order valence-electron chi connectivity index (χ1n) is 3.01. The fraction of sp³-hybridized carbons (Fsp3) is 1.00. The third kappa shape index (κ3) is 13.4. The molecule has 0 bridgehead atoms. The normalized spacial score (nSPS) is 21.1. The van der Waals surface area contributed by atoms with E-state index in [2.05, 4.69) is 4.52 Å². The first kappa shape index (κ1) is 24.0. The maximum atomic E-state index is 10.2. The summed E-state index contributed by atoms with van der Waals surface area (Å²) in [5.74, 6) is 0. The molecule has 0 spiro atoms. The molecule has 1 saturated heterocycles. The second-order valence-corrected chi connectivity index (χ2v) is 3.16. The third-order valence-electron chi connectivity index (χ3n) is 1.04. The average Bonchev–Trinajstić information content (AvgIpc) is 1.85. The van der Waals surface area contributed by atoms with Gasteiger partial charge in [0.15, 0.2) is 6.29 Å².